The molecule has 1 aromatic carbocycles. The van der Waals surface area contributed by atoms with Crippen LogP contribution in [0.1, 0.15) is 47.1 Å². The summed E-state index contributed by atoms with van der Waals surface area (Å²) >= 11 is 0. The molecule has 9 heteroatoms. The van der Waals surface area contributed by atoms with Gasteiger partial charge in [-0.2, -0.15) is 0 Å². The van der Waals surface area contributed by atoms with Gasteiger partial charge in [-0.15, -0.1) is 5.10 Å². The maximum atomic E-state index is 12.4. The molecule has 4 rings (SSSR count). The molecule has 3 amide bonds. The van der Waals surface area contributed by atoms with Gasteiger partial charge < -0.3 is 20.3 Å². The van der Waals surface area contributed by atoms with Gasteiger partial charge in [0.25, 0.3) is 5.91 Å². The molecule has 2 aliphatic rings. The normalized spacial score (nSPS) is 20.3. The highest BCUT2D eigenvalue weighted by Gasteiger charge is 2.44. The highest BCUT2D eigenvalue weighted by Crippen LogP contribution is 2.32. The summed E-state index contributed by atoms with van der Waals surface area (Å²) in [5.74, 6) is -0.141. The molecule has 1 unspecified atom stereocenters. The standard InChI is InChI=1S/C21H28N6O3/c1-3-8-22-20(29)26-9-7-21(13-26)14-27-18(12-30-21)17(24-25-27)11-23-19(28)16-6-4-5-15(2)10-16/h4-6,10H,3,7-9,11-14H2,1-2H3,(H,22,29)(H,23,28). The summed E-state index contributed by atoms with van der Waals surface area (Å²) in [6, 6.07) is 7.42. The number of ether oxygens (including phenoxy) is 1. The quantitative estimate of drug-likeness (QED) is 0.777. The number of carbonyl (C=O) groups excluding carboxylic acids is 2. The molecule has 1 atom stereocenters. The molecule has 0 bridgehead atoms. The SMILES string of the molecule is CCCNC(=O)N1CCC2(C1)Cn1nnc(CNC(=O)c3cccc(C)c3)c1CO2. The maximum Gasteiger partial charge on any atom is 0.317 e. The van der Waals surface area contributed by atoms with Crippen molar-refractivity contribution in [3.05, 3.63) is 46.8 Å². The summed E-state index contributed by atoms with van der Waals surface area (Å²) < 4.78 is 8.06. The first-order valence-electron chi connectivity index (χ1n) is 10.4. The number of rotatable bonds is 5. The van der Waals surface area contributed by atoms with E-state index in [1.807, 2.05) is 36.7 Å². The topological polar surface area (TPSA) is 101 Å². The van der Waals surface area contributed by atoms with E-state index in [-0.39, 0.29) is 11.9 Å². The monoisotopic (exact) mass is 412 g/mol. The first-order chi connectivity index (χ1) is 14.5. The zero-order valence-electron chi connectivity index (χ0n) is 17.5. The van der Waals surface area contributed by atoms with E-state index in [9.17, 15) is 9.59 Å². The molecule has 0 saturated carbocycles. The van der Waals surface area contributed by atoms with Gasteiger partial charge in [-0.25, -0.2) is 9.48 Å². The zero-order chi connectivity index (χ0) is 21.1. The third-order valence-electron chi connectivity index (χ3n) is 5.70. The molecule has 2 aliphatic heterocycles. The van der Waals surface area contributed by atoms with Crippen LogP contribution >= 0.6 is 0 Å². The third kappa shape index (κ3) is 4.16. The summed E-state index contributed by atoms with van der Waals surface area (Å²) in [6.45, 7) is 7.09. The summed E-state index contributed by atoms with van der Waals surface area (Å²) in [5, 5.41) is 14.4. The molecule has 3 heterocycles. The minimum Gasteiger partial charge on any atom is -0.365 e. The van der Waals surface area contributed by atoms with E-state index in [4.69, 9.17) is 4.74 Å². The fourth-order valence-corrected chi connectivity index (χ4v) is 3.99. The minimum atomic E-state index is -0.424. The number of nitrogens with zero attached hydrogens (tertiary/aromatic N) is 4. The summed E-state index contributed by atoms with van der Waals surface area (Å²) in [5.41, 5.74) is 2.82. The lowest BCUT2D eigenvalue weighted by molar-refractivity contribution is -0.0824. The number of hydrogen-bond acceptors (Lipinski definition) is 5. The smallest absolute Gasteiger partial charge is 0.317 e. The van der Waals surface area contributed by atoms with Gasteiger partial charge in [0.05, 0.1) is 31.9 Å². The highest BCUT2D eigenvalue weighted by atomic mass is 16.5. The Balaban J connectivity index is 1.37. The Morgan fingerprint density at radius 2 is 2.13 bits per heavy atom. The van der Waals surface area contributed by atoms with Crippen LogP contribution in [0.25, 0.3) is 0 Å². The predicted octanol–water partition coefficient (Wildman–Crippen LogP) is 1.61. The zero-order valence-corrected chi connectivity index (χ0v) is 17.5. The van der Waals surface area contributed by atoms with Crippen LogP contribution in [0.15, 0.2) is 24.3 Å². The van der Waals surface area contributed by atoms with Crippen LogP contribution in [-0.2, 0) is 24.4 Å². The van der Waals surface area contributed by atoms with Crippen LogP contribution in [0.3, 0.4) is 0 Å². The Bertz CT molecular complexity index is 943. The van der Waals surface area contributed by atoms with E-state index in [2.05, 4.69) is 20.9 Å². The second-order valence-corrected chi connectivity index (χ2v) is 8.07. The van der Waals surface area contributed by atoms with E-state index in [0.29, 0.717) is 50.6 Å². The largest absolute Gasteiger partial charge is 0.365 e. The molecular weight excluding hydrogens is 384 g/mol. The number of urea groups is 1. The number of aromatic nitrogens is 3. The summed E-state index contributed by atoms with van der Waals surface area (Å²) in [6.07, 6.45) is 1.68. The van der Waals surface area contributed by atoms with E-state index in [1.165, 1.54) is 0 Å². The number of nitrogens with one attached hydrogen (secondary N) is 2. The van der Waals surface area contributed by atoms with Crippen LogP contribution in [0.4, 0.5) is 4.79 Å². The van der Waals surface area contributed by atoms with Gasteiger partial charge in [0.1, 0.15) is 11.3 Å². The van der Waals surface area contributed by atoms with Crippen molar-refractivity contribution >= 4 is 11.9 Å². The number of aryl methyl sites for hydroxylation is 1. The Morgan fingerprint density at radius 3 is 2.93 bits per heavy atom. The second kappa shape index (κ2) is 8.43. The van der Waals surface area contributed by atoms with E-state index >= 15 is 0 Å². The lowest BCUT2D eigenvalue weighted by Gasteiger charge is -2.33. The van der Waals surface area contributed by atoms with Gasteiger partial charge >= 0.3 is 6.03 Å². The molecular formula is C21H28N6O3. The lowest BCUT2D eigenvalue weighted by atomic mass is 10.0. The molecule has 0 radical (unpaired) electrons. The molecule has 1 aromatic heterocycles. The number of hydrogen-bond donors (Lipinski definition) is 2. The van der Waals surface area contributed by atoms with E-state index in [1.54, 1.807) is 11.0 Å². The van der Waals surface area contributed by atoms with Gasteiger partial charge in [-0.05, 0) is 31.9 Å². The van der Waals surface area contributed by atoms with Crippen molar-refractivity contribution in [1.82, 2.24) is 30.5 Å². The average Bonchev–Trinajstić information content (AvgIpc) is 3.34. The van der Waals surface area contributed by atoms with Crippen molar-refractivity contribution in [2.75, 3.05) is 19.6 Å². The number of amides is 3. The first-order valence-corrected chi connectivity index (χ1v) is 10.4. The average molecular weight is 412 g/mol. The first kappa shape index (κ1) is 20.3. The number of carbonyl (C=O) groups is 2. The molecule has 0 aliphatic carbocycles. The molecule has 9 nitrogen and oxygen atoms in total. The summed E-state index contributed by atoms with van der Waals surface area (Å²) in [7, 11) is 0. The Labute approximate surface area is 175 Å². The van der Waals surface area contributed by atoms with Crippen molar-refractivity contribution in [3.8, 4) is 0 Å². The molecule has 30 heavy (non-hydrogen) atoms. The third-order valence-corrected chi connectivity index (χ3v) is 5.70. The van der Waals surface area contributed by atoms with Crippen LogP contribution in [0.5, 0.6) is 0 Å². The second-order valence-electron chi connectivity index (χ2n) is 8.07. The molecule has 2 aromatic rings. The van der Waals surface area contributed by atoms with Gasteiger partial charge in [-0.1, -0.05) is 29.8 Å². The molecule has 1 fully saturated rings. The van der Waals surface area contributed by atoms with Gasteiger partial charge in [-0.3, -0.25) is 4.79 Å². The minimum absolute atomic E-state index is 0.0405. The van der Waals surface area contributed by atoms with Crippen LogP contribution in [0.2, 0.25) is 0 Å². The molecule has 1 saturated heterocycles. The number of fused-ring (bicyclic) bond motifs is 1. The molecule has 160 valence electrons. The Kier molecular flexibility index (Phi) is 5.72. The molecule has 2 N–H and O–H groups in total. The van der Waals surface area contributed by atoms with Crippen LogP contribution in [0, 0.1) is 6.92 Å². The van der Waals surface area contributed by atoms with Gasteiger partial charge in [0.15, 0.2) is 0 Å². The Morgan fingerprint density at radius 1 is 1.27 bits per heavy atom. The van der Waals surface area contributed by atoms with Crippen molar-refractivity contribution in [2.24, 2.45) is 0 Å². The number of likely N-dealkylation sites (tertiary alicyclic amines) is 1. The number of benzene rings is 1. The van der Waals surface area contributed by atoms with E-state index < -0.39 is 5.60 Å². The van der Waals surface area contributed by atoms with Gasteiger partial charge in [0, 0.05) is 18.7 Å². The Hall–Kier alpha value is -2.94. The van der Waals surface area contributed by atoms with Crippen molar-refractivity contribution in [1.29, 1.82) is 0 Å². The van der Waals surface area contributed by atoms with Crippen molar-refractivity contribution in [2.45, 2.75) is 52.0 Å². The lowest BCUT2D eigenvalue weighted by Crippen LogP contribution is -2.47. The van der Waals surface area contributed by atoms with Gasteiger partial charge in [0.2, 0.25) is 0 Å². The van der Waals surface area contributed by atoms with Crippen LogP contribution < -0.4 is 10.6 Å². The van der Waals surface area contributed by atoms with Crippen molar-refractivity contribution < 1.29 is 14.3 Å². The molecule has 1 spiro atoms. The summed E-state index contributed by atoms with van der Waals surface area (Å²) in [4.78, 5) is 26.5. The maximum absolute atomic E-state index is 12.4. The fourth-order valence-electron chi connectivity index (χ4n) is 3.99. The predicted molar refractivity (Wildman–Crippen MR) is 110 cm³/mol. The highest BCUT2D eigenvalue weighted by molar-refractivity contribution is 5.94. The van der Waals surface area contributed by atoms with Crippen LogP contribution in [-0.4, -0.2) is 57.1 Å². The van der Waals surface area contributed by atoms with E-state index in [0.717, 1.165) is 24.1 Å². The van der Waals surface area contributed by atoms with Crippen molar-refractivity contribution in [3.63, 3.8) is 0 Å². The fraction of sp³-hybridized carbons (Fsp3) is 0.524.